The fourth-order valence-corrected chi connectivity index (χ4v) is 5.76. The number of benzene rings is 2. The summed E-state index contributed by atoms with van der Waals surface area (Å²) in [5.74, 6) is -0.721. The fourth-order valence-electron chi connectivity index (χ4n) is 3.15. The molecule has 166 valence electrons. The van der Waals surface area contributed by atoms with Crippen molar-refractivity contribution in [2.75, 3.05) is 9.62 Å². The lowest BCUT2D eigenvalue weighted by Crippen LogP contribution is -2.38. The van der Waals surface area contributed by atoms with Gasteiger partial charge in [-0.15, -0.1) is 11.3 Å². The normalized spacial score (nSPS) is 16.8. The number of Topliss-reactive ketones (excluding diaryl/α,β-unsaturated/α-hetero) is 1. The lowest BCUT2D eigenvalue weighted by Gasteiger charge is -2.29. The quantitative estimate of drug-likeness (QED) is 0.454. The van der Waals surface area contributed by atoms with Crippen LogP contribution in [-0.2, 0) is 22.7 Å². The molecule has 0 fully saturated rings. The van der Waals surface area contributed by atoms with E-state index in [1.54, 1.807) is 35.7 Å². The summed E-state index contributed by atoms with van der Waals surface area (Å²) in [6.07, 6.45) is -3.62. The van der Waals surface area contributed by atoms with Crippen LogP contribution in [0.4, 0.5) is 24.5 Å². The molecule has 1 aliphatic heterocycles. The first kappa shape index (κ1) is 22.4. The van der Waals surface area contributed by atoms with Crippen molar-refractivity contribution in [1.29, 1.82) is 0 Å². The molecule has 0 amide bonds. The predicted molar refractivity (Wildman–Crippen MR) is 118 cm³/mol. The number of carbonyl (C=O) groups excluding carboxylic acids is 1. The molecular formula is C21H14ClF3N2O3S2. The minimum atomic E-state index is -4.56. The van der Waals surface area contributed by atoms with E-state index < -0.39 is 32.5 Å². The molecule has 0 saturated carbocycles. The largest absolute Gasteiger partial charge is 0.416 e. The van der Waals surface area contributed by atoms with Crippen LogP contribution < -0.4 is 9.62 Å². The maximum atomic E-state index is 13.3. The monoisotopic (exact) mass is 498 g/mol. The molecule has 2 aromatic carbocycles. The SMILES string of the molecule is O=C1/C(=C/Nc2cccc(C(F)(F)F)c2)S(=O)(=O)N(Cc2ccc(Cl)cc2)c2ccsc21. The van der Waals surface area contributed by atoms with Crippen LogP contribution in [0.3, 0.4) is 0 Å². The number of rotatable bonds is 4. The molecule has 4 rings (SSSR count). The van der Waals surface area contributed by atoms with E-state index >= 15 is 0 Å². The van der Waals surface area contributed by atoms with Gasteiger partial charge in [0.05, 0.1) is 17.8 Å². The predicted octanol–water partition coefficient (Wildman–Crippen LogP) is 5.91. The number of halogens is 4. The van der Waals surface area contributed by atoms with Crippen LogP contribution in [0.1, 0.15) is 20.8 Å². The summed E-state index contributed by atoms with van der Waals surface area (Å²) in [5.41, 5.74) is 0.000943. The number of thiophene rings is 1. The summed E-state index contributed by atoms with van der Waals surface area (Å²) < 4.78 is 66.6. The molecule has 32 heavy (non-hydrogen) atoms. The van der Waals surface area contributed by atoms with Gasteiger partial charge in [0.15, 0.2) is 4.91 Å². The van der Waals surface area contributed by atoms with E-state index in [1.807, 2.05) is 0 Å². The van der Waals surface area contributed by atoms with Gasteiger partial charge in [0, 0.05) is 16.9 Å². The summed E-state index contributed by atoms with van der Waals surface area (Å²) in [5, 5.41) is 4.63. The Morgan fingerprint density at radius 3 is 2.50 bits per heavy atom. The number of sulfonamides is 1. The Hall–Kier alpha value is -2.82. The molecule has 0 saturated heterocycles. The van der Waals surface area contributed by atoms with Gasteiger partial charge in [0.2, 0.25) is 5.78 Å². The van der Waals surface area contributed by atoms with Gasteiger partial charge in [-0.2, -0.15) is 13.2 Å². The van der Waals surface area contributed by atoms with Crippen LogP contribution in [0, 0.1) is 0 Å². The molecule has 3 aromatic rings. The topological polar surface area (TPSA) is 66.5 Å². The van der Waals surface area contributed by atoms with Gasteiger partial charge in [-0.05, 0) is 47.3 Å². The van der Waals surface area contributed by atoms with Crippen LogP contribution in [0.5, 0.6) is 0 Å². The summed E-state index contributed by atoms with van der Waals surface area (Å²) >= 11 is 6.98. The molecule has 0 aliphatic carbocycles. The van der Waals surface area contributed by atoms with Gasteiger partial charge in [-0.1, -0.05) is 29.8 Å². The van der Waals surface area contributed by atoms with Gasteiger partial charge in [0.25, 0.3) is 10.0 Å². The van der Waals surface area contributed by atoms with Crippen LogP contribution in [-0.4, -0.2) is 14.2 Å². The van der Waals surface area contributed by atoms with Crippen molar-refractivity contribution in [2.24, 2.45) is 0 Å². The van der Waals surface area contributed by atoms with E-state index in [0.29, 0.717) is 10.6 Å². The van der Waals surface area contributed by atoms with Gasteiger partial charge in [-0.3, -0.25) is 9.10 Å². The highest BCUT2D eigenvalue weighted by Gasteiger charge is 2.41. The zero-order chi connectivity index (χ0) is 23.1. The van der Waals surface area contributed by atoms with E-state index in [1.165, 1.54) is 12.1 Å². The van der Waals surface area contributed by atoms with Crippen molar-refractivity contribution >= 4 is 50.1 Å². The molecule has 0 bridgehead atoms. The molecule has 5 nitrogen and oxygen atoms in total. The molecule has 0 atom stereocenters. The third-order valence-corrected chi connectivity index (χ3v) is 7.63. The smallest absolute Gasteiger partial charge is 0.360 e. The van der Waals surface area contributed by atoms with E-state index in [-0.39, 0.29) is 22.8 Å². The minimum absolute atomic E-state index is 0.00319. The second-order valence-electron chi connectivity index (χ2n) is 6.83. The number of hydrogen-bond acceptors (Lipinski definition) is 5. The second-order valence-corrected chi connectivity index (χ2v) is 10.0. The molecule has 1 aliphatic rings. The number of ketones is 1. The second kappa shape index (κ2) is 8.27. The first-order valence-corrected chi connectivity index (χ1v) is 11.8. The number of carbonyl (C=O) groups is 1. The third-order valence-electron chi connectivity index (χ3n) is 4.71. The summed E-state index contributed by atoms with van der Waals surface area (Å²) in [4.78, 5) is 12.6. The highest BCUT2D eigenvalue weighted by Crippen LogP contribution is 2.39. The highest BCUT2D eigenvalue weighted by atomic mass is 35.5. The van der Waals surface area contributed by atoms with Gasteiger partial charge >= 0.3 is 6.18 Å². The van der Waals surface area contributed by atoms with Crippen molar-refractivity contribution in [3.8, 4) is 0 Å². The van der Waals surface area contributed by atoms with Gasteiger partial charge in [0.1, 0.15) is 4.88 Å². The number of fused-ring (bicyclic) bond motifs is 1. The molecule has 1 aromatic heterocycles. The first-order valence-electron chi connectivity index (χ1n) is 9.11. The van der Waals surface area contributed by atoms with Crippen molar-refractivity contribution in [1.82, 2.24) is 0 Å². The molecule has 0 radical (unpaired) electrons. The lowest BCUT2D eigenvalue weighted by atomic mass is 10.2. The Kier molecular flexibility index (Phi) is 5.78. The molecule has 0 unspecified atom stereocenters. The standard InChI is InChI=1S/C21H14ClF3N2O3S2/c22-15-6-4-13(5-7-15)12-27-17-8-9-31-20(17)19(28)18(32(27,29)30)11-26-16-3-1-2-14(10-16)21(23,24)25/h1-11,26H,12H2/b18-11-. The third kappa shape index (κ3) is 4.25. The molecule has 0 spiro atoms. The zero-order valence-corrected chi connectivity index (χ0v) is 18.4. The molecule has 1 N–H and O–H groups in total. The van der Waals surface area contributed by atoms with Crippen LogP contribution in [0.15, 0.2) is 71.1 Å². The Balaban J connectivity index is 1.71. The number of anilines is 2. The molecule has 11 heteroatoms. The first-order chi connectivity index (χ1) is 15.1. The lowest BCUT2D eigenvalue weighted by molar-refractivity contribution is -0.137. The summed E-state index contributed by atoms with van der Waals surface area (Å²) in [6, 6.07) is 12.4. The van der Waals surface area contributed by atoms with Crippen molar-refractivity contribution in [3.05, 3.63) is 92.1 Å². The Morgan fingerprint density at radius 2 is 1.81 bits per heavy atom. The highest BCUT2D eigenvalue weighted by molar-refractivity contribution is 7.97. The Morgan fingerprint density at radius 1 is 1.09 bits per heavy atom. The number of alkyl halides is 3. The average molecular weight is 499 g/mol. The minimum Gasteiger partial charge on any atom is -0.360 e. The van der Waals surface area contributed by atoms with Crippen molar-refractivity contribution < 1.29 is 26.4 Å². The van der Waals surface area contributed by atoms with Gasteiger partial charge < -0.3 is 5.32 Å². The summed E-state index contributed by atoms with van der Waals surface area (Å²) in [7, 11) is -4.28. The fraction of sp³-hybridized carbons (Fsp3) is 0.0952. The Labute approximate surface area is 190 Å². The van der Waals surface area contributed by atoms with E-state index in [0.717, 1.165) is 34.0 Å². The number of allylic oxidation sites excluding steroid dienone is 1. The van der Waals surface area contributed by atoms with Gasteiger partial charge in [-0.25, -0.2) is 8.42 Å². The van der Waals surface area contributed by atoms with E-state index in [4.69, 9.17) is 11.6 Å². The van der Waals surface area contributed by atoms with Crippen molar-refractivity contribution in [3.63, 3.8) is 0 Å². The van der Waals surface area contributed by atoms with E-state index in [9.17, 15) is 26.4 Å². The summed E-state index contributed by atoms with van der Waals surface area (Å²) in [6.45, 7) is -0.0442. The van der Waals surface area contributed by atoms with Crippen LogP contribution in [0.25, 0.3) is 0 Å². The van der Waals surface area contributed by atoms with Crippen LogP contribution in [0.2, 0.25) is 5.02 Å². The molecular weight excluding hydrogens is 485 g/mol. The van der Waals surface area contributed by atoms with Crippen LogP contribution >= 0.6 is 22.9 Å². The maximum absolute atomic E-state index is 13.3. The zero-order valence-electron chi connectivity index (χ0n) is 16.1. The average Bonchev–Trinajstić information content (AvgIpc) is 3.22. The number of nitrogens with zero attached hydrogens (tertiary/aromatic N) is 1. The number of nitrogens with one attached hydrogen (secondary N) is 1. The van der Waals surface area contributed by atoms with E-state index in [2.05, 4.69) is 5.32 Å². The molecule has 2 heterocycles. The Bertz CT molecular complexity index is 1320. The number of hydrogen-bond donors (Lipinski definition) is 1. The van der Waals surface area contributed by atoms with Crippen molar-refractivity contribution in [2.45, 2.75) is 12.7 Å². The maximum Gasteiger partial charge on any atom is 0.416 e.